The lowest BCUT2D eigenvalue weighted by atomic mass is 9.98. The van der Waals surface area contributed by atoms with Crippen LogP contribution in [0.15, 0.2) is 23.2 Å². The van der Waals surface area contributed by atoms with Gasteiger partial charge in [0.2, 0.25) is 10.7 Å². The van der Waals surface area contributed by atoms with Gasteiger partial charge in [0.15, 0.2) is 0 Å². The normalized spacial score (nSPS) is 17.7. The van der Waals surface area contributed by atoms with E-state index >= 15 is 0 Å². The van der Waals surface area contributed by atoms with Gasteiger partial charge in [0.05, 0.1) is 24.8 Å². The van der Waals surface area contributed by atoms with E-state index in [1.807, 2.05) is 20.8 Å². The SMILES string of the molecule is COc1ccc(C(F)(F)F)cc1C(=O)/N=c1\sc(C(C)(C)C)nn1C[C@H]1CCC(=O)N1. The van der Waals surface area contributed by atoms with Crippen LogP contribution in [0.3, 0.4) is 0 Å². The molecule has 0 bridgehead atoms. The first-order valence-corrected chi connectivity index (χ1v) is 10.4. The van der Waals surface area contributed by atoms with Crippen molar-refractivity contribution in [2.45, 2.75) is 57.8 Å². The molecule has 2 amide bonds. The lowest BCUT2D eigenvalue weighted by Gasteiger charge is -2.13. The van der Waals surface area contributed by atoms with Crippen LogP contribution in [0.25, 0.3) is 0 Å². The smallest absolute Gasteiger partial charge is 0.416 e. The number of carbonyl (C=O) groups is 2. The highest BCUT2D eigenvalue weighted by Gasteiger charge is 2.32. The number of alkyl halides is 3. The molecule has 1 aliphatic rings. The van der Waals surface area contributed by atoms with Crippen molar-refractivity contribution in [1.29, 1.82) is 0 Å². The molecule has 0 radical (unpaired) electrons. The standard InChI is InChI=1S/C20H23F3N4O3S/c1-19(2,3)17-26-27(10-12-6-8-15(28)24-12)18(31-17)25-16(29)13-9-11(20(21,22)23)5-7-14(13)30-4/h5,7,9,12H,6,8,10H2,1-4H3,(H,24,28)/b25-18-/t12-/m1/s1. The molecule has 11 heteroatoms. The Morgan fingerprint density at radius 2 is 2.06 bits per heavy atom. The number of hydrogen-bond donors (Lipinski definition) is 1. The predicted molar refractivity (Wildman–Crippen MR) is 108 cm³/mol. The predicted octanol–water partition coefficient (Wildman–Crippen LogP) is 3.29. The van der Waals surface area contributed by atoms with Crippen LogP contribution in [0.1, 0.15) is 54.5 Å². The van der Waals surface area contributed by atoms with E-state index in [-0.39, 0.29) is 33.5 Å². The molecule has 1 aromatic carbocycles. The molecule has 1 aromatic heterocycles. The zero-order chi connectivity index (χ0) is 23.0. The minimum absolute atomic E-state index is 0.00286. The molecule has 31 heavy (non-hydrogen) atoms. The van der Waals surface area contributed by atoms with Gasteiger partial charge in [-0.1, -0.05) is 32.1 Å². The number of amides is 2. The fraction of sp³-hybridized carbons (Fsp3) is 0.500. The molecule has 0 saturated carbocycles. The molecule has 3 rings (SSSR count). The van der Waals surface area contributed by atoms with E-state index in [2.05, 4.69) is 15.4 Å². The summed E-state index contributed by atoms with van der Waals surface area (Å²) in [6.07, 6.45) is -3.57. The molecule has 1 atom stereocenters. The first-order chi connectivity index (χ1) is 14.4. The summed E-state index contributed by atoms with van der Waals surface area (Å²) in [6, 6.07) is 2.53. The topological polar surface area (TPSA) is 85.6 Å². The molecule has 0 unspecified atom stereocenters. The van der Waals surface area contributed by atoms with Crippen molar-refractivity contribution >= 4 is 23.2 Å². The van der Waals surface area contributed by atoms with Gasteiger partial charge in [0.1, 0.15) is 10.8 Å². The number of methoxy groups -OCH3 is 1. The van der Waals surface area contributed by atoms with Crippen LogP contribution in [0, 0.1) is 0 Å². The lowest BCUT2D eigenvalue weighted by Crippen LogP contribution is -2.33. The Kier molecular flexibility index (Phi) is 6.26. The molecule has 1 saturated heterocycles. The second-order valence-electron chi connectivity index (χ2n) is 8.25. The molecule has 1 N–H and O–H groups in total. The fourth-order valence-electron chi connectivity index (χ4n) is 3.04. The van der Waals surface area contributed by atoms with Crippen molar-refractivity contribution in [1.82, 2.24) is 15.1 Å². The third kappa shape index (κ3) is 5.33. The van der Waals surface area contributed by atoms with Gasteiger partial charge in [0.25, 0.3) is 5.91 Å². The van der Waals surface area contributed by atoms with Gasteiger partial charge in [-0.05, 0) is 24.6 Å². The van der Waals surface area contributed by atoms with Gasteiger partial charge in [0, 0.05) is 17.9 Å². The van der Waals surface area contributed by atoms with E-state index in [1.54, 1.807) is 0 Å². The number of aromatic nitrogens is 2. The number of nitrogens with one attached hydrogen (secondary N) is 1. The number of hydrogen-bond acceptors (Lipinski definition) is 5. The third-order valence-corrected chi connectivity index (χ3v) is 6.07. The van der Waals surface area contributed by atoms with E-state index in [4.69, 9.17) is 4.74 Å². The third-order valence-electron chi connectivity index (χ3n) is 4.69. The summed E-state index contributed by atoms with van der Waals surface area (Å²) in [5, 5.41) is 8.09. The van der Waals surface area contributed by atoms with Crippen LogP contribution < -0.4 is 14.9 Å². The van der Waals surface area contributed by atoms with E-state index in [0.717, 1.165) is 18.2 Å². The Bertz CT molecular complexity index is 1070. The van der Waals surface area contributed by atoms with Gasteiger partial charge in [-0.25, -0.2) is 4.68 Å². The average molecular weight is 456 g/mol. The minimum Gasteiger partial charge on any atom is -0.496 e. The van der Waals surface area contributed by atoms with Crippen molar-refractivity contribution in [2.75, 3.05) is 7.11 Å². The largest absolute Gasteiger partial charge is 0.496 e. The highest BCUT2D eigenvalue weighted by Crippen LogP contribution is 2.33. The summed E-state index contributed by atoms with van der Waals surface area (Å²) in [5.41, 5.74) is -1.58. The minimum atomic E-state index is -4.61. The van der Waals surface area contributed by atoms with Crippen LogP contribution in [0.5, 0.6) is 5.75 Å². The Hall–Kier alpha value is -2.69. The van der Waals surface area contributed by atoms with Crippen LogP contribution in [-0.4, -0.2) is 34.7 Å². The summed E-state index contributed by atoms with van der Waals surface area (Å²) in [6.45, 7) is 6.17. The molecule has 168 valence electrons. The summed E-state index contributed by atoms with van der Waals surface area (Å²) in [4.78, 5) is 28.7. The van der Waals surface area contributed by atoms with E-state index in [9.17, 15) is 22.8 Å². The Morgan fingerprint density at radius 3 is 2.61 bits per heavy atom. The van der Waals surface area contributed by atoms with Crippen LogP contribution in [0.2, 0.25) is 0 Å². The number of nitrogens with zero attached hydrogens (tertiary/aromatic N) is 3. The Balaban J connectivity index is 2.04. The van der Waals surface area contributed by atoms with Crippen molar-refractivity contribution in [3.8, 4) is 5.75 Å². The molecule has 2 aromatic rings. The van der Waals surface area contributed by atoms with Crippen LogP contribution in [0.4, 0.5) is 13.2 Å². The molecule has 1 fully saturated rings. The Morgan fingerprint density at radius 1 is 1.35 bits per heavy atom. The maximum atomic E-state index is 13.1. The number of benzene rings is 1. The number of halogens is 3. The highest BCUT2D eigenvalue weighted by molar-refractivity contribution is 7.09. The maximum absolute atomic E-state index is 13.1. The molecule has 0 spiro atoms. The number of carbonyl (C=O) groups excluding carboxylic acids is 2. The maximum Gasteiger partial charge on any atom is 0.416 e. The van der Waals surface area contributed by atoms with Crippen LogP contribution >= 0.6 is 11.3 Å². The van der Waals surface area contributed by atoms with Gasteiger partial charge in [-0.2, -0.15) is 23.3 Å². The first kappa shape index (κ1) is 23.0. The molecule has 0 aliphatic carbocycles. The summed E-state index contributed by atoms with van der Waals surface area (Å²) in [5.74, 6) is -0.923. The lowest BCUT2D eigenvalue weighted by molar-refractivity contribution is -0.137. The van der Waals surface area contributed by atoms with Crippen molar-refractivity contribution in [2.24, 2.45) is 4.99 Å². The second kappa shape index (κ2) is 8.45. The molecular formula is C20H23F3N4O3S. The van der Waals surface area contributed by atoms with Gasteiger partial charge < -0.3 is 10.1 Å². The monoisotopic (exact) mass is 456 g/mol. The highest BCUT2D eigenvalue weighted by atomic mass is 32.1. The zero-order valence-electron chi connectivity index (χ0n) is 17.5. The van der Waals surface area contributed by atoms with Crippen molar-refractivity contribution in [3.05, 3.63) is 39.1 Å². The van der Waals surface area contributed by atoms with Gasteiger partial charge in [-0.3, -0.25) is 9.59 Å². The second-order valence-corrected chi connectivity index (χ2v) is 9.21. The molecular weight excluding hydrogens is 433 g/mol. The van der Waals surface area contributed by atoms with Gasteiger partial charge >= 0.3 is 6.18 Å². The van der Waals surface area contributed by atoms with Crippen molar-refractivity contribution < 1.29 is 27.5 Å². The quantitative estimate of drug-likeness (QED) is 0.765. The zero-order valence-corrected chi connectivity index (χ0v) is 18.4. The summed E-state index contributed by atoms with van der Waals surface area (Å²) in [7, 11) is 1.27. The van der Waals surface area contributed by atoms with Crippen LogP contribution in [-0.2, 0) is 22.9 Å². The molecule has 1 aliphatic heterocycles. The van der Waals surface area contributed by atoms with E-state index in [1.165, 1.54) is 23.1 Å². The van der Waals surface area contributed by atoms with E-state index < -0.39 is 17.6 Å². The Labute approximate surface area is 180 Å². The number of rotatable bonds is 4. The first-order valence-electron chi connectivity index (χ1n) is 9.60. The van der Waals surface area contributed by atoms with Crippen molar-refractivity contribution in [3.63, 3.8) is 0 Å². The van der Waals surface area contributed by atoms with Gasteiger partial charge in [-0.15, -0.1) is 0 Å². The number of ether oxygens (including phenoxy) is 1. The van der Waals surface area contributed by atoms with E-state index in [0.29, 0.717) is 24.4 Å². The fourth-order valence-corrected chi connectivity index (χ4v) is 4.00. The molecule has 2 heterocycles. The average Bonchev–Trinajstić information content (AvgIpc) is 3.26. The molecule has 7 nitrogen and oxygen atoms in total. The summed E-state index contributed by atoms with van der Waals surface area (Å²) >= 11 is 1.19. The summed E-state index contributed by atoms with van der Waals surface area (Å²) < 4.78 is 46.0.